The van der Waals surface area contributed by atoms with Crippen molar-refractivity contribution in [1.82, 2.24) is 0 Å². The molecule has 1 amide bonds. The minimum absolute atomic E-state index is 0.120. The van der Waals surface area contributed by atoms with E-state index in [1.807, 2.05) is 0 Å². The SMILES string of the molecule is COC(=O)c1ccc(NC(=O)[C@@H]2[C@H]3CC[C@@H](C3)[C@H]2C(=O)O)cc1. The Bertz CT molecular complexity index is 639. The molecule has 2 bridgehead atoms. The third-order valence-corrected chi connectivity index (χ3v) is 5.08. The topological polar surface area (TPSA) is 92.7 Å². The highest BCUT2D eigenvalue weighted by Gasteiger charge is 2.53. The molecule has 3 rings (SSSR count). The molecule has 1 aromatic rings. The molecule has 0 spiro atoms. The first-order valence-corrected chi connectivity index (χ1v) is 7.73. The number of carboxylic acid groups (broad SMARTS) is 1. The second kappa shape index (κ2) is 6.02. The molecule has 2 saturated carbocycles. The average Bonchev–Trinajstić information content (AvgIpc) is 3.15. The van der Waals surface area contributed by atoms with Crippen molar-refractivity contribution < 1.29 is 24.2 Å². The van der Waals surface area contributed by atoms with Gasteiger partial charge in [0.15, 0.2) is 0 Å². The number of nitrogens with one attached hydrogen (secondary N) is 1. The molecule has 2 fully saturated rings. The normalized spacial score (nSPS) is 28.4. The van der Waals surface area contributed by atoms with Gasteiger partial charge >= 0.3 is 11.9 Å². The number of benzene rings is 1. The van der Waals surface area contributed by atoms with Gasteiger partial charge in [-0.1, -0.05) is 0 Å². The van der Waals surface area contributed by atoms with Crippen molar-refractivity contribution >= 4 is 23.5 Å². The molecule has 1 aromatic carbocycles. The first-order valence-electron chi connectivity index (χ1n) is 7.73. The van der Waals surface area contributed by atoms with Crippen LogP contribution in [0.2, 0.25) is 0 Å². The highest BCUT2D eigenvalue weighted by Crippen LogP contribution is 2.52. The van der Waals surface area contributed by atoms with E-state index in [9.17, 15) is 19.5 Å². The van der Waals surface area contributed by atoms with Gasteiger partial charge in [0.25, 0.3) is 0 Å². The highest BCUT2D eigenvalue weighted by atomic mass is 16.5. The third kappa shape index (κ3) is 2.81. The van der Waals surface area contributed by atoms with Crippen LogP contribution in [0.3, 0.4) is 0 Å². The molecule has 6 nitrogen and oxygen atoms in total. The summed E-state index contributed by atoms with van der Waals surface area (Å²) in [6.07, 6.45) is 2.66. The van der Waals surface area contributed by atoms with Crippen LogP contribution in [0.25, 0.3) is 0 Å². The summed E-state index contributed by atoms with van der Waals surface area (Å²) in [5.74, 6) is -2.32. The fourth-order valence-corrected chi connectivity index (χ4v) is 4.06. The van der Waals surface area contributed by atoms with E-state index in [-0.39, 0.29) is 17.7 Å². The van der Waals surface area contributed by atoms with Gasteiger partial charge in [-0.3, -0.25) is 9.59 Å². The second-order valence-corrected chi connectivity index (χ2v) is 6.28. The zero-order valence-corrected chi connectivity index (χ0v) is 12.8. The number of rotatable bonds is 4. The van der Waals surface area contributed by atoms with Crippen molar-refractivity contribution in [3.05, 3.63) is 29.8 Å². The molecule has 2 aliphatic carbocycles. The Morgan fingerprint density at radius 2 is 1.70 bits per heavy atom. The summed E-state index contributed by atoms with van der Waals surface area (Å²) in [4.78, 5) is 35.4. The Hall–Kier alpha value is -2.37. The lowest BCUT2D eigenvalue weighted by Gasteiger charge is -2.27. The van der Waals surface area contributed by atoms with Gasteiger partial charge < -0.3 is 15.2 Å². The van der Waals surface area contributed by atoms with Crippen molar-refractivity contribution in [1.29, 1.82) is 0 Å². The average molecular weight is 317 g/mol. The predicted octanol–water partition coefficient (Wildman–Crippen LogP) is 2.16. The van der Waals surface area contributed by atoms with Crippen LogP contribution in [0.4, 0.5) is 5.69 Å². The highest BCUT2D eigenvalue weighted by molar-refractivity contribution is 5.96. The number of carbonyl (C=O) groups excluding carboxylic acids is 2. The molecule has 2 N–H and O–H groups in total. The van der Waals surface area contributed by atoms with Crippen LogP contribution in [0.15, 0.2) is 24.3 Å². The third-order valence-electron chi connectivity index (χ3n) is 5.08. The maximum absolute atomic E-state index is 12.5. The first-order chi connectivity index (χ1) is 11.0. The molecule has 0 unspecified atom stereocenters. The zero-order chi connectivity index (χ0) is 16.6. The number of amides is 1. The Balaban J connectivity index is 1.71. The summed E-state index contributed by atoms with van der Waals surface area (Å²) < 4.78 is 4.62. The fraction of sp³-hybridized carbons (Fsp3) is 0.471. The van der Waals surface area contributed by atoms with E-state index in [1.54, 1.807) is 24.3 Å². The number of aliphatic carboxylic acids is 1. The van der Waals surface area contributed by atoms with E-state index < -0.39 is 23.8 Å². The number of hydrogen-bond donors (Lipinski definition) is 2. The molecule has 0 heterocycles. The Morgan fingerprint density at radius 1 is 1.09 bits per heavy atom. The van der Waals surface area contributed by atoms with Crippen LogP contribution in [0, 0.1) is 23.7 Å². The Kier molecular flexibility index (Phi) is 4.07. The van der Waals surface area contributed by atoms with Gasteiger partial charge in [-0.2, -0.15) is 0 Å². The Labute approximate surface area is 133 Å². The molecular formula is C17H19NO5. The van der Waals surface area contributed by atoms with E-state index in [0.29, 0.717) is 11.3 Å². The molecule has 0 radical (unpaired) electrons. The molecule has 6 heteroatoms. The summed E-state index contributed by atoms with van der Waals surface area (Å²) in [5.41, 5.74) is 0.948. The summed E-state index contributed by atoms with van der Waals surface area (Å²) in [5, 5.41) is 12.2. The number of ether oxygens (including phenoxy) is 1. The van der Waals surface area contributed by atoms with Crippen molar-refractivity contribution in [3.8, 4) is 0 Å². The summed E-state index contributed by atoms with van der Waals surface area (Å²) in [7, 11) is 1.30. The van der Waals surface area contributed by atoms with Crippen molar-refractivity contribution in [2.24, 2.45) is 23.7 Å². The smallest absolute Gasteiger partial charge is 0.337 e. The Morgan fingerprint density at radius 3 is 2.26 bits per heavy atom. The van der Waals surface area contributed by atoms with Gasteiger partial charge in [0.2, 0.25) is 5.91 Å². The lowest BCUT2D eigenvalue weighted by atomic mass is 9.78. The number of fused-ring (bicyclic) bond motifs is 2. The second-order valence-electron chi connectivity index (χ2n) is 6.28. The van der Waals surface area contributed by atoms with Crippen molar-refractivity contribution in [2.75, 3.05) is 12.4 Å². The number of anilines is 1. The molecular weight excluding hydrogens is 298 g/mol. The van der Waals surface area contributed by atoms with E-state index in [4.69, 9.17) is 0 Å². The van der Waals surface area contributed by atoms with Gasteiger partial charge in [-0.15, -0.1) is 0 Å². The molecule has 0 aromatic heterocycles. The molecule has 122 valence electrons. The maximum Gasteiger partial charge on any atom is 0.337 e. The number of esters is 1. The van der Waals surface area contributed by atoms with Crippen molar-refractivity contribution in [3.63, 3.8) is 0 Å². The molecule has 2 aliphatic rings. The maximum atomic E-state index is 12.5. The number of hydrogen-bond acceptors (Lipinski definition) is 4. The first kappa shape index (κ1) is 15.5. The molecule has 0 saturated heterocycles. The van der Waals surface area contributed by atoms with Crippen LogP contribution in [-0.4, -0.2) is 30.1 Å². The summed E-state index contributed by atoms with van der Waals surface area (Å²) >= 11 is 0. The minimum Gasteiger partial charge on any atom is -0.481 e. The van der Waals surface area contributed by atoms with Gasteiger partial charge in [-0.05, 0) is 55.4 Å². The van der Waals surface area contributed by atoms with E-state index in [1.165, 1.54) is 7.11 Å². The molecule has 4 atom stereocenters. The molecule has 23 heavy (non-hydrogen) atoms. The molecule has 0 aliphatic heterocycles. The van der Waals surface area contributed by atoms with E-state index in [0.717, 1.165) is 19.3 Å². The van der Waals surface area contributed by atoms with Crippen LogP contribution >= 0.6 is 0 Å². The predicted molar refractivity (Wildman–Crippen MR) is 81.9 cm³/mol. The van der Waals surface area contributed by atoms with Gasteiger partial charge in [-0.25, -0.2) is 4.79 Å². The summed E-state index contributed by atoms with van der Waals surface area (Å²) in [6.45, 7) is 0. The van der Waals surface area contributed by atoms with Crippen molar-refractivity contribution in [2.45, 2.75) is 19.3 Å². The van der Waals surface area contributed by atoms with Gasteiger partial charge in [0.05, 0.1) is 24.5 Å². The minimum atomic E-state index is -0.876. The monoisotopic (exact) mass is 317 g/mol. The van der Waals surface area contributed by atoms with Crippen LogP contribution in [0.1, 0.15) is 29.6 Å². The lowest BCUT2D eigenvalue weighted by Crippen LogP contribution is -2.37. The fourth-order valence-electron chi connectivity index (χ4n) is 4.06. The standard InChI is InChI=1S/C17H19NO5/c1-23-17(22)9-4-6-12(7-5-9)18-15(19)13-10-2-3-11(8-10)14(13)16(20)21/h4-7,10-11,13-14H,2-3,8H2,1H3,(H,18,19)(H,20,21)/t10-,11-,13+,14+/m0/s1. The number of carboxylic acids is 1. The summed E-state index contributed by atoms with van der Waals surface area (Å²) in [6, 6.07) is 6.37. The van der Waals surface area contributed by atoms with Gasteiger partial charge in [0, 0.05) is 5.69 Å². The van der Waals surface area contributed by atoms with Crippen LogP contribution in [-0.2, 0) is 14.3 Å². The van der Waals surface area contributed by atoms with Gasteiger partial charge in [0.1, 0.15) is 0 Å². The quantitative estimate of drug-likeness (QED) is 0.830. The van der Waals surface area contributed by atoms with Crippen LogP contribution in [0.5, 0.6) is 0 Å². The number of methoxy groups -OCH3 is 1. The van der Waals surface area contributed by atoms with Crippen LogP contribution < -0.4 is 5.32 Å². The lowest BCUT2D eigenvalue weighted by molar-refractivity contribution is -0.148. The largest absolute Gasteiger partial charge is 0.481 e. The van der Waals surface area contributed by atoms with E-state index >= 15 is 0 Å². The number of carbonyl (C=O) groups is 3. The zero-order valence-electron chi connectivity index (χ0n) is 12.8. The van der Waals surface area contributed by atoms with E-state index in [2.05, 4.69) is 10.1 Å².